The summed E-state index contributed by atoms with van der Waals surface area (Å²) in [6.45, 7) is 6.09. The fraction of sp³-hybridized carbons (Fsp3) is 0.360. The van der Waals surface area contributed by atoms with E-state index in [1.807, 2.05) is 6.92 Å². The van der Waals surface area contributed by atoms with E-state index in [9.17, 15) is 13.2 Å². The number of hydrogen-bond donors (Lipinski definition) is 1. The molecule has 0 saturated heterocycles. The van der Waals surface area contributed by atoms with E-state index < -0.39 is 11.7 Å². The lowest BCUT2D eigenvalue weighted by Crippen LogP contribution is -2.38. The molecule has 3 aliphatic rings. The van der Waals surface area contributed by atoms with Crippen molar-refractivity contribution in [2.75, 3.05) is 31.2 Å². The Labute approximate surface area is 190 Å². The lowest BCUT2D eigenvalue weighted by atomic mass is 9.95. The molecule has 2 aromatic rings. The Morgan fingerprint density at radius 2 is 2.03 bits per heavy atom. The maximum Gasteiger partial charge on any atom is 0.416 e. The van der Waals surface area contributed by atoms with Crippen LogP contribution in [0.5, 0.6) is 0 Å². The van der Waals surface area contributed by atoms with E-state index in [2.05, 4.69) is 39.5 Å². The molecule has 2 aromatic carbocycles. The first-order chi connectivity index (χ1) is 15.8. The second-order valence-electron chi connectivity index (χ2n) is 8.46. The van der Waals surface area contributed by atoms with Gasteiger partial charge in [0.25, 0.3) is 0 Å². The van der Waals surface area contributed by atoms with Crippen molar-refractivity contribution in [2.24, 2.45) is 9.98 Å². The van der Waals surface area contributed by atoms with Crippen LogP contribution >= 0.6 is 0 Å². The summed E-state index contributed by atoms with van der Waals surface area (Å²) in [5.74, 6) is 1.26. The number of hydrogen-bond acceptors (Lipinski definition) is 5. The van der Waals surface area contributed by atoms with Crippen molar-refractivity contribution in [3.63, 3.8) is 0 Å². The Morgan fingerprint density at radius 1 is 1.18 bits per heavy atom. The van der Waals surface area contributed by atoms with E-state index in [1.54, 1.807) is 6.07 Å². The first kappa shape index (κ1) is 21.7. The van der Waals surface area contributed by atoms with Gasteiger partial charge in [0.15, 0.2) is 0 Å². The van der Waals surface area contributed by atoms with Crippen molar-refractivity contribution >= 4 is 23.1 Å². The zero-order valence-electron chi connectivity index (χ0n) is 18.5. The minimum atomic E-state index is -4.39. The summed E-state index contributed by atoms with van der Waals surface area (Å²) in [4.78, 5) is 11.3. The van der Waals surface area contributed by atoms with Crippen LogP contribution in [0.15, 0.2) is 52.5 Å². The molecule has 33 heavy (non-hydrogen) atoms. The molecule has 0 radical (unpaired) electrons. The average Bonchev–Trinajstić information content (AvgIpc) is 3.27. The van der Waals surface area contributed by atoms with Crippen LogP contribution < -0.4 is 10.2 Å². The third-order valence-electron chi connectivity index (χ3n) is 6.41. The van der Waals surface area contributed by atoms with Crippen molar-refractivity contribution in [1.82, 2.24) is 5.32 Å². The van der Waals surface area contributed by atoms with Crippen LogP contribution in [0.2, 0.25) is 0 Å². The van der Waals surface area contributed by atoms with E-state index in [0.717, 1.165) is 35.8 Å². The molecule has 172 valence electrons. The molecule has 5 rings (SSSR count). The average molecular weight is 454 g/mol. The molecule has 1 atom stereocenters. The predicted octanol–water partition coefficient (Wildman–Crippen LogP) is 5.10. The molecule has 3 heterocycles. The van der Waals surface area contributed by atoms with E-state index in [1.165, 1.54) is 18.6 Å². The van der Waals surface area contributed by atoms with E-state index in [4.69, 9.17) is 9.73 Å². The van der Waals surface area contributed by atoms with Crippen LogP contribution in [0.25, 0.3) is 5.57 Å². The molecule has 1 unspecified atom stereocenters. The number of benzene rings is 2. The largest absolute Gasteiger partial charge is 0.416 e. The summed E-state index contributed by atoms with van der Waals surface area (Å²) < 4.78 is 45.8. The number of anilines is 1. The van der Waals surface area contributed by atoms with Gasteiger partial charge in [-0.1, -0.05) is 24.3 Å². The number of rotatable bonds is 3. The maximum absolute atomic E-state index is 13.4. The van der Waals surface area contributed by atoms with Crippen LogP contribution in [0.4, 0.5) is 18.9 Å². The lowest BCUT2D eigenvalue weighted by molar-refractivity contribution is -0.138. The van der Waals surface area contributed by atoms with E-state index in [-0.39, 0.29) is 11.6 Å². The summed E-state index contributed by atoms with van der Waals surface area (Å²) in [6.07, 6.45) is -1.45. The summed E-state index contributed by atoms with van der Waals surface area (Å²) in [7, 11) is 0. The number of fused-ring (bicyclic) bond motifs is 3. The van der Waals surface area contributed by atoms with Crippen LogP contribution in [-0.2, 0) is 10.9 Å². The van der Waals surface area contributed by atoms with Gasteiger partial charge in [-0.2, -0.15) is 18.2 Å². The van der Waals surface area contributed by atoms with Crippen LogP contribution in [0.3, 0.4) is 0 Å². The zero-order chi connectivity index (χ0) is 23.2. The number of ether oxygens (including phenoxy) is 1. The normalized spacial score (nSPS) is 18.7. The molecule has 8 heteroatoms. The molecule has 0 aromatic heterocycles. The molecule has 0 fully saturated rings. The number of aliphatic imine (C=N–C) groups is 2. The first-order valence-corrected chi connectivity index (χ1v) is 11.1. The number of nitrogens with zero attached hydrogens (tertiary/aromatic N) is 3. The number of alkyl halides is 3. The highest BCUT2D eigenvalue weighted by Crippen LogP contribution is 2.36. The van der Waals surface area contributed by atoms with E-state index >= 15 is 0 Å². The SMILES string of the molecule is Cc1c(C(C)NC2=NC3=NCCN3c3ccc(C4=CCOCC4)cc32)cccc1C(F)(F)F. The Hall–Kier alpha value is -3.13. The minimum Gasteiger partial charge on any atom is -0.377 e. The Bertz CT molecular complexity index is 1180. The molecule has 0 saturated carbocycles. The van der Waals surface area contributed by atoms with Gasteiger partial charge in [-0.15, -0.1) is 0 Å². The standard InChI is InChI=1S/C25H25F3N4O/c1-15-19(4-3-5-21(15)25(26,27)28)16(2)30-23-20-14-18(17-8-12-33-13-9-17)6-7-22(20)32-11-10-29-24(32)31-23/h3-8,14,16H,9-13H2,1-2H3,(H,29,30,31). The molecule has 0 bridgehead atoms. The van der Waals surface area contributed by atoms with Gasteiger partial charge in [0.1, 0.15) is 5.84 Å². The number of guanidine groups is 1. The lowest BCUT2D eigenvalue weighted by Gasteiger charge is -2.30. The number of nitrogens with one attached hydrogen (secondary N) is 1. The second kappa shape index (κ2) is 8.33. The summed E-state index contributed by atoms with van der Waals surface area (Å²) >= 11 is 0. The Kier molecular flexibility index (Phi) is 5.48. The van der Waals surface area contributed by atoms with Crippen molar-refractivity contribution < 1.29 is 17.9 Å². The van der Waals surface area contributed by atoms with Gasteiger partial charge in [0.05, 0.1) is 37.1 Å². The minimum absolute atomic E-state index is 0.225. The molecular formula is C25H25F3N4O. The van der Waals surface area contributed by atoms with Crippen LogP contribution in [0.1, 0.15) is 47.2 Å². The molecular weight excluding hydrogens is 429 g/mol. The maximum atomic E-state index is 13.4. The fourth-order valence-corrected chi connectivity index (χ4v) is 4.69. The topological polar surface area (TPSA) is 49.2 Å². The number of amidine groups is 1. The van der Waals surface area contributed by atoms with Crippen LogP contribution in [0, 0.1) is 6.92 Å². The Balaban J connectivity index is 1.52. The Morgan fingerprint density at radius 3 is 2.79 bits per heavy atom. The zero-order valence-corrected chi connectivity index (χ0v) is 18.5. The van der Waals surface area contributed by atoms with Gasteiger partial charge in [0.2, 0.25) is 5.96 Å². The summed E-state index contributed by atoms with van der Waals surface area (Å²) in [6, 6.07) is 10.2. The molecule has 5 nitrogen and oxygen atoms in total. The first-order valence-electron chi connectivity index (χ1n) is 11.1. The summed E-state index contributed by atoms with van der Waals surface area (Å²) in [5.41, 5.74) is 4.47. The third-order valence-corrected chi connectivity index (χ3v) is 6.41. The van der Waals surface area contributed by atoms with Crippen molar-refractivity contribution in [2.45, 2.75) is 32.5 Å². The van der Waals surface area contributed by atoms with Crippen molar-refractivity contribution in [3.8, 4) is 0 Å². The molecule has 0 spiro atoms. The second-order valence-corrected chi connectivity index (χ2v) is 8.46. The fourth-order valence-electron chi connectivity index (χ4n) is 4.69. The van der Waals surface area contributed by atoms with Gasteiger partial charge in [-0.3, -0.25) is 0 Å². The van der Waals surface area contributed by atoms with Gasteiger partial charge in [-0.25, -0.2) is 4.99 Å². The smallest absolute Gasteiger partial charge is 0.377 e. The van der Waals surface area contributed by atoms with Gasteiger partial charge in [-0.05, 0) is 60.7 Å². The highest BCUT2D eigenvalue weighted by molar-refractivity contribution is 6.18. The summed E-state index contributed by atoms with van der Waals surface area (Å²) in [5, 5.41) is 3.38. The van der Waals surface area contributed by atoms with Gasteiger partial charge in [0, 0.05) is 12.1 Å². The van der Waals surface area contributed by atoms with Gasteiger partial charge >= 0.3 is 6.18 Å². The van der Waals surface area contributed by atoms with E-state index in [0.29, 0.717) is 37.1 Å². The van der Waals surface area contributed by atoms with Crippen molar-refractivity contribution in [1.29, 1.82) is 0 Å². The van der Waals surface area contributed by atoms with Gasteiger partial charge < -0.3 is 15.0 Å². The molecule has 0 amide bonds. The predicted molar refractivity (Wildman–Crippen MR) is 124 cm³/mol. The molecule has 3 aliphatic heterocycles. The quantitative estimate of drug-likeness (QED) is 0.702. The van der Waals surface area contributed by atoms with Crippen molar-refractivity contribution in [3.05, 3.63) is 70.3 Å². The number of halogens is 3. The monoisotopic (exact) mass is 454 g/mol. The molecule has 1 N–H and O–H groups in total. The third kappa shape index (κ3) is 4.04. The highest BCUT2D eigenvalue weighted by Gasteiger charge is 2.34. The molecule has 0 aliphatic carbocycles. The van der Waals surface area contributed by atoms with Crippen LogP contribution in [-0.4, -0.2) is 38.1 Å². The highest BCUT2D eigenvalue weighted by atomic mass is 19.4.